The van der Waals surface area contributed by atoms with Crippen molar-refractivity contribution in [3.8, 4) is 11.5 Å². The number of aryl methyl sites for hydroxylation is 2. The van der Waals surface area contributed by atoms with E-state index in [0.717, 1.165) is 10.2 Å². The number of benzene rings is 2. The van der Waals surface area contributed by atoms with Crippen molar-refractivity contribution in [3.63, 3.8) is 0 Å². The van der Waals surface area contributed by atoms with Crippen molar-refractivity contribution in [2.45, 2.75) is 13.8 Å². The summed E-state index contributed by atoms with van der Waals surface area (Å²) in [5.74, 6) is 1.48. The summed E-state index contributed by atoms with van der Waals surface area (Å²) in [7, 11) is 0. The van der Waals surface area contributed by atoms with Gasteiger partial charge in [0.15, 0.2) is 5.75 Å². The van der Waals surface area contributed by atoms with Crippen molar-refractivity contribution in [3.05, 3.63) is 52.0 Å². The molecule has 0 fully saturated rings. The number of rotatable bonds is 2. The van der Waals surface area contributed by atoms with Crippen LogP contribution < -0.4 is 10.5 Å². The molecule has 2 nitrogen and oxygen atoms in total. The Morgan fingerprint density at radius 1 is 1.00 bits per heavy atom. The molecule has 0 heterocycles. The second-order valence-corrected chi connectivity index (χ2v) is 5.02. The molecule has 0 saturated carbocycles. The summed E-state index contributed by atoms with van der Waals surface area (Å²) in [6, 6.07) is 11.7. The average molecular weight is 292 g/mol. The zero-order chi connectivity index (χ0) is 12.4. The summed E-state index contributed by atoms with van der Waals surface area (Å²) in [6.07, 6.45) is 0. The zero-order valence-corrected chi connectivity index (χ0v) is 11.4. The number of hydrogen-bond acceptors (Lipinski definition) is 2. The van der Waals surface area contributed by atoms with E-state index in [-0.39, 0.29) is 0 Å². The third kappa shape index (κ3) is 3.01. The van der Waals surface area contributed by atoms with Gasteiger partial charge in [-0.3, -0.25) is 0 Å². The SMILES string of the molecule is Cc1cc(C)cc(Oc2cc(Br)ccc2N)c1. The summed E-state index contributed by atoms with van der Waals surface area (Å²) in [4.78, 5) is 0. The smallest absolute Gasteiger partial charge is 0.151 e. The molecule has 2 rings (SSSR count). The molecule has 17 heavy (non-hydrogen) atoms. The van der Waals surface area contributed by atoms with Crippen molar-refractivity contribution in [2.24, 2.45) is 0 Å². The van der Waals surface area contributed by atoms with Crippen molar-refractivity contribution < 1.29 is 4.74 Å². The molecular formula is C14H14BrNO. The summed E-state index contributed by atoms with van der Waals surface area (Å²) in [5, 5.41) is 0. The molecule has 0 atom stereocenters. The Bertz CT molecular complexity index is 532. The molecule has 0 aliphatic heterocycles. The van der Waals surface area contributed by atoms with E-state index in [4.69, 9.17) is 10.5 Å². The Morgan fingerprint density at radius 2 is 1.65 bits per heavy atom. The highest BCUT2D eigenvalue weighted by molar-refractivity contribution is 9.10. The first-order chi connectivity index (χ1) is 8.04. The van der Waals surface area contributed by atoms with Gasteiger partial charge >= 0.3 is 0 Å². The van der Waals surface area contributed by atoms with Gasteiger partial charge in [0, 0.05) is 4.47 Å². The fourth-order valence-electron chi connectivity index (χ4n) is 1.72. The van der Waals surface area contributed by atoms with E-state index >= 15 is 0 Å². The highest BCUT2D eigenvalue weighted by Crippen LogP contribution is 2.31. The Morgan fingerprint density at radius 3 is 2.29 bits per heavy atom. The van der Waals surface area contributed by atoms with Crippen LogP contribution in [-0.2, 0) is 0 Å². The first-order valence-electron chi connectivity index (χ1n) is 5.36. The number of ether oxygens (including phenoxy) is 1. The third-order valence-electron chi connectivity index (χ3n) is 2.40. The minimum atomic E-state index is 0.632. The minimum Gasteiger partial charge on any atom is -0.455 e. The van der Waals surface area contributed by atoms with E-state index in [1.807, 2.05) is 44.2 Å². The van der Waals surface area contributed by atoms with Gasteiger partial charge in [0.1, 0.15) is 5.75 Å². The van der Waals surface area contributed by atoms with Crippen LogP contribution in [0.5, 0.6) is 11.5 Å². The van der Waals surface area contributed by atoms with Gasteiger partial charge in [-0.05, 0) is 55.3 Å². The molecule has 2 N–H and O–H groups in total. The number of halogens is 1. The predicted molar refractivity (Wildman–Crippen MR) is 74.5 cm³/mol. The van der Waals surface area contributed by atoms with Gasteiger partial charge < -0.3 is 10.5 Å². The van der Waals surface area contributed by atoms with Crippen molar-refractivity contribution >= 4 is 21.6 Å². The van der Waals surface area contributed by atoms with Crippen LogP contribution in [0.25, 0.3) is 0 Å². The van der Waals surface area contributed by atoms with E-state index in [9.17, 15) is 0 Å². The molecule has 88 valence electrons. The second-order valence-electron chi connectivity index (χ2n) is 4.11. The number of anilines is 1. The molecule has 0 radical (unpaired) electrons. The number of nitrogen functional groups attached to an aromatic ring is 1. The van der Waals surface area contributed by atoms with Gasteiger partial charge in [0.05, 0.1) is 5.69 Å². The predicted octanol–water partition coefficient (Wildman–Crippen LogP) is 4.44. The lowest BCUT2D eigenvalue weighted by Crippen LogP contribution is -1.92. The standard InChI is InChI=1S/C14H14BrNO/c1-9-5-10(2)7-12(6-9)17-14-8-11(15)3-4-13(14)16/h3-8H,16H2,1-2H3. The molecule has 3 heteroatoms. The number of nitrogens with two attached hydrogens (primary N) is 1. The van der Waals surface area contributed by atoms with Crippen molar-refractivity contribution in [1.29, 1.82) is 0 Å². The molecule has 0 saturated heterocycles. The Labute approximate surface area is 110 Å². The van der Waals surface area contributed by atoms with Gasteiger partial charge in [-0.2, -0.15) is 0 Å². The summed E-state index contributed by atoms with van der Waals surface area (Å²) in [5.41, 5.74) is 8.85. The maximum atomic E-state index is 5.87. The molecule has 0 spiro atoms. The quantitative estimate of drug-likeness (QED) is 0.830. The van der Waals surface area contributed by atoms with Crippen LogP contribution in [0.15, 0.2) is 40.9 Å². The molecule has 0 aromatic heterocycles. The normalized spacial score (nSPS) is 10.3. The first kappa shape index (κ1) is 12.0. The maximum absolute atomic E-state index is 5.87. The topological polar surface area (TPSA) is 35.2 Å². The highest BCUT2D eigenvalue weighted by Gasteiger charge is 2.04. The van der Waals surface area contributed by atoms with Gasteiger partial charge in [-0.15, -0.1) is 0 Å². The van der Waals surface area contributed by atoms with Crippen LogP contribution in [0.4, 0.5) is 5.69 Å². The van der Waals surface area contributed by atoms with Crippen LogP contribution >= 0.6 is 15.9 Å². The summed E-state index contributed by atoms with van der Waals surface area (Å²) < 4.78 is 6.75. The molecule has 0 bridgehead atoms. The van der Waals surface area contributed by atoms with Crippen LogP contribution in [0.3, 0.4) is 0 Å². The molecule has 2 aromatic rings. The molecule has 0 amide bonds. The van der Waals surface area contributed by atoms with E-state index in [2.05, 4.69) is 22.0 Å². The van der Waals surface area contributed by atoms with E-state index in [0.29, 0.717) is 11.4 Å². The molecule has 0 aliphatic carbocycles. The van der Waals surface area contributed by atoms with Crippen LogP contribution in [0.2, 0.25) is 0 Å². The first-order valence-corrected chi connectivity index (χ1v) is 6.15. The van der Waals surface area contributed by atoms with Crippen LogP contribution in [0, 0.1) is 13.8 Å². The van der Waals surface area contributed by atoms with Crippen LogP contribution in [-0.4, -0.2) is 0 Å². The second kappa shape index (κ2) is 4.80. The van der Waals surface area contributed by atoms with Gasteiger partial charge in [0.25, 0.3) is 0 Å². The summed E-state index contributed by atoms with van der Waals surface area (Å²) >= 11 is 3.40. The van der Waals surface area contributed by atoms with E-state index < -0.39 is 0 Å². The maximum Gasteiger partial charge on any atom is 0.151 e. The lowest BCUT2D eigenvalue weighted by Gasteiger charge is -2.10. The molecule has 0 aliphatic rings. The lowest BCUT2D eigenvalue weighted by atomic mass is 10.1. The van der Waals surface area contributed by atoms with Crippen molar-refractivity contribution in [1.82, 2.24) is 0 Å². The highest BCUT2D eigenvalue weighted by atomic mass is 79.9. The lowest BCUT2D eigenvalue weighted by molar-refractivity contribution is 0.484. The Balaban J connectivity index is 2.34. The largest absolute Gasteiger partial charge is 0.455 e. The van der Waals surface area contributed by atoms with Gasteiger partial charge in [0.2, 0.25) is 0 Å². The third-order valence-corrected chi connectivity index (χ3v) is 2.89. The van der Waals surface area contributed by atoms with E-state index in [1.165, 1.54) is 11.1 Å². The number of hydrogen-bond donors (Lipinski definition) is 1. The molecule has 0 unspecified atom stereocenters. The fraction of sp³-hybridized carbons (Fsp3) is 0.143. The van der Waals surface area contributed by atoms with Crippen molar-refractivity contribution in [2.75, 3.05) is 5.73 Å². The fourth-order valence-corrected chi connectivity index (χ4v) is 2.06. The summed E-state index contributed by atoms with van der Waals surface area (Å²) in [6.45, 7) is 4.09. The Hall–Kier alpha value is -1.48. The van der Waals surface area contributed by atoms with Crippen LogP contribution in [0.1, 0.15) is 11.1 Å². The molecular weight excluding hydrogens is 278 g/mol. The average Bonchev–Trinajstić information content (AvgIpc) is 2.22. The van der Waals surface area contributed by atoms with E-state index in [1.54, 1.807) is 0 Å². The molecule has 2 aromatic carbocycles. The van der Waals surface area contributed by atoms with Gasteiger partial charge in [-0.25, -0.2) is 0 Å². The minimum absolute atomic E-state index is 0.632. The zero-order valence-electron chi connectivity index (χ0n) is 9.83. The van der Waals surface area contributed by atoms with Gasteiger partial charge in [-0.1, -0.05) is 22.0 Å². The monoisotopic (exact) mass is 291 g/mol. The Kier molecular flexibility index (Phi) is 3.38.